The van der Waals surface area contributed by atoms with E-state index in [2.05, 4.69) is 49.4 Å². The maximum absolute atomic E-state index is 10.0. The van der Waals surface area contributed by atoms with E-state index in [0.717, 1.165) is 40.9 Å². The zero-order chi connectivity index (χ0) is 26.5. The second-order valence-corrected chi connectivity index (χ2v) is 11.9. The lowest BCUT2D eigenvalue weighted by atomic mass is 9.97. The lowest BCUT2D eigenvalue weighted by Gasteiger charge is -2.25. The Balaban J connectivity index is 1.54. The highest BCUT2D eigenvalue weighted by molar-refractivity contribution is 5.86. The molecule has 0 amide bonds. The maximum atomic E-state index is 10.0. The number of ether oxygens (including phenoxy) is 2. The van der Waals surface area contributed by atoms with E-state index in [4.69, 9.17) is 23.9 Å². The van der Waals surface area contributed by atoms with Gasteiger partial charge in [0, 0.05) is 30.1 Å². The van der Waals surface area contributed by atoms with Gasteiger partial charge in [-0.1, -0.05) is 27.7 Å². The number of aryl methyl sites for hydroxylation is 2. The first kappa shape index (κ1) is 25.9. The van der Waals surface area contributed by atoms with Gasteiger partial charge >= 0.3 is 0 Å². The van der Waals surface area contributed by atoms with Crippen LogP contribution in [0.15, 0.2) is 22.7 Å². The SMILES string of the molecule is CCc1cc2cc(-c3c(C)nc(NCC(C)(C)C)nc3N[C@@H]3C[C@H](CO)[C@H]4OC(C)(C)O[C@H]43)oc2cn1. The molecule has 1 saturated heterocycles. The molecule has 3 aromatic rings. The number of aliphatic hydroxyl groups excluding tert-OH is 1. The average Bonchev–Trinajstić information content (AvgIpc) is 3.47. The molecule has 1 aliphatic heterocycles. The van der Waals surface area contributed by atoms with Crippen LogP contribution in [0.5, 0.6) is 0 Å². The number of rotatable bonds is 7. The van der Waals surface area contributed by atoms with Crippen molar-refractivity contribution in [1.82, 2.24) is 15.0 Å². The summed E-state index contributed by atoms with van der Waals surface area (Å²) < 4.78 is 18.7. The van der Waals surface area contributed by atoms with Gasteiger partial charge in [0.25, 0.3) is 0 Å². The van der Waals surface area contributed by atoms with Crippen LogP contribution in [0.25, 0.3) is 22.3 Å². The lowest BCUT2D eigenvalue weighted by Crippen LogP contribution is -2.35. The zero-order valence-corrected chi connectivity index (χ0v) is 22.9. The Morgan fingerprint density at radius 3 is 2.59 bits per heavy atom. The van der Waals surface area contributed by atoms with Crippen molar-refractivity contribution in [2.45, 2.75) is 85.3 Å². The molecule has 37 heavy (non-hydrogen) atoms. The van der Waals surface area contributed by atoms with Gasteiger partial charge in [0.2, 0.25) is 5.95 Å². The van der Waals surface area contributed by atoms with Crippen LogP contribution in [0.1, 0.15) is 59.4 Å². The van der Waals surface area contributed by atoms with E-state index in [9.17, 15) is 5.11 Å². The Kier molecular flexibility index (Phi) is 6.66. The molecular formula is C28H39N5O4. The molecule has 0 bridgehead atoms. The molecule has 0 aromatic carbocycles. The highest BCUT2D eigenvalue weighted by Crippen LogP contribution is 2.44. The molecule has 2 aliphatic rings. The molecule has 9 heteroatoms. The fourth-order valence-electron chi connectivity index (χ4n) is 5.29. The van der Waals surface area contributed by atoms with Gasteiger partial charge in [-0.05, 0) is 51.2 Å². The predicted octanol–water partition coefficient (Wildman–Crippen LogP) is 4.93. The number of aromatic nitrogens is 3. The number of anilines is 2. The first-order chi connectivity index (χ1) is 17.5. The Hall–Kier alpha value is -2.75. The number of fused-ring (bicyclic) bond motifs is 2. The van der Waals surface area contributed by atoms with E-state index in [1.807, 2.05) is 26.8 Å². The number of pyridine rings is 1. The van der Waals surface area contributed by atoms with Gasteiger partial charge < -0.3 is 29.6 Å². The second-order valence-electron chi connectivity index (χ2n) is 11.9. The molecule has 5 rings (SSSR count). The van der Waals surface area contributed by atoms with Gasteiger partial charge in [-0.3, -0.25) is 4.98 Å². The van der Waals surface area contributed by atoms with Crippen LogP contribution < -0.4 is 10.6 Å². The number of hydrogen-bond donors (Lipinski definition) is 3. The zero-order valence-electron chi connectivity index (χ0n) is 22.9. The molecule has 3 N–H and O–H groups in total. The molecule has 3 aromatic heterocycles. The Labute approximate surface area is 218 Å². The summed E-state index contributed by atoms with van der Waals surface area (Å²) in [5, 5.41) is 18.1. The van der Waals surface area contributed by atoms with Crippen LogP contribution >= 0.6 is 0 Å². The van der Waals surface area contributed by atoms with Gasteiger partial charge in [-0.15, -0.1) is 0 Å². The molecule has 1 saturated carbocycles. The van der Waals surface area contributed by atoms with Crippen LogP contribution in [-0.2, 0) is 15.9 Å². The van der Waals surface area contributed by atoms with E-state index < -0.39 is 5.79 Å². The molecule has 0 radical (unpaired) electrons. The minimum absolute atomic E-state index is 0.0149. The Morgan fingerprint density at radius 1 is 1.14 bits per heavy atom. The lowest BCUT2D eigenvalue weighted by molar-refractivity contribution is -0.158. The van der Waals surface area contributed by atoms with Crippen molar-refractivity contribution in [2.24, 2.45) is 11.3 Å². The summed E-state index contributed by atoms with van der Waals surface area (Å²) in [5.41, 5.74) is 3.41. The topological polar surface area (TPSA) is 115 Å². The highest BCUT2D eigenvalue weighted by atomic mass is 16.8. The van der Waals surface area contributed by atoms with Crippen LogP contribution in [0.4, 0.5) is 11.8 Å². The Morgan fingerprint density at radius 2 is 1.89 bits per heavy atom. The van der Waals surface area contributed by atoms with Crippen LogP contribution in [0.2, 0.25) is 0 Å². The number of nitrogens with one attached hydrogen (secondary N) is 2. The fourth-order valence-corrected chi connectivity index (χ4v) is 5.29. The third-order valence-corrected chi connectivity index (χ3v) is 7.07. The molecule has 9 nitrogen and oxygen atoms in total. The molecule has 2 fully saturated rings. The molecule has 0 spiro atoms. The van der Waals surface area contributed by atoms with Gasteiger partial charge in [0.1, 0.15) is 17.7 Å². The van der Waals surface area contributed by atoms with Crippen LogP contribution in [-0.4, -0.2) is 57.2 Å². The first-order valence-electron chi connectivity index (χ1n) is 13.2. The van der Waals surface area contributed by atoms with Crippen molar-refractivity contribution in [3.05, 3.63) is 29.7 Å². The summed E-state index contributed by atoms with van der Waals surface area (Å²) in [6.45, 7) is 15.2. The molecule has 4 atom stereocenters. The number of nitrogens with zero attached hydrogens (tertiary/aromatic N) is 3. The Bertz CT molecular complexity index is 1280. The molecule has 0 unspecified atom stereocenters. The quantitative estimate of drug-likeness (QED) is 0.408. The molecular weight excluding hydrogens is 470 g/mol. The van der Waals surface area contributed by atoms with Crippen LogP contribution in [0, 0.1) is 18.3 Å². The van der Waals surface area contributed by atoms with Gasteiger partial charge in [0.05, 0.1) is 29.6 Å². The van der Waals surface area contributed by atoms with Crippen molar-refractivity contribution in [3.8, 4) is 11.3 Å². The number of furan rings is 1. The summed E-state index contributed by atoms with van der Waals surface area (Å²) in [7, 11) is 0. The van der Waals surface area contributed by atoms with Crippen molar-refractivity contribution in [2.75, 3.05) is 23.8 Å². The third-order valence-electron chi connectivity index (χ3n) is 7.07. The number of hydrogen-bond acceptors (Lipinski definition) is 9. The summed E-state index contributed by atoms with van der Waals surface area (Å²) >= 11 is 0. The third kappa shape index (κ3) is 5.30. The summed E-state index contributed by atoms with van der Waals surface area (Å²) in [6, 6.07) is 4.00. The predicted molar refractivity (Wildman–Crippen MR) is 144 cm³/mol. The second kappa shape index (κ2) is 9.53. The normalized spacial score (nSPS) is 25.0. The summed E-state index contributed by atoms with van der Waals surface area (Å²) in [5.74, 6) is 1.20. The smallest absolute Gasteiger partial charge is 0.224 e. The van der Waals surface area contributed by atoms with E-state index in [1.54, 1.807) is 6.20 Å². The minimum Gasteiger partial charge on any atom is -0.454 e. The van der Waals surface area contributed by atoms with Crippen molar-refractivity contribution < 1.29 is 19.0 Å². The summed E-state index contributed by atoms with van der Waals surface area (Å²) in [6.07, 6.45) is 2.97. The van der Waals surface area contributed by atoms with E-state index in [0.29, 0.717) is 23.9 Å². The minimum atomic E-state index is -0.699. The fraction of sp³-hybridized carbons (Fsp3) is 0.607. The largest absolute Gasteiger partial charge is 0.454 e. The monoisotopic (exact) mass is 509 g/mol. The standard InChI is InChI=1S/C28H39N5O4/c1-8-18-9-16-11-20(35-21(16)12-29-18)22-15(2)31-26(30-14-27(3,4)5)33-25(22)32-19-10-17(13-34)23-24(19)37-28(6,7)36-23/h9,11-12,17,19,23-24,34H,8,10,13-14H2,1-7H3,(H2,30,31,32,33)/t17-,19-,23-,24+/m1/s1. The van der Waals surface area contributed by atoms with E-state index in [-0.39, 0.29) is 36.2 Å². The molecule has 200 valence electrons. The molecule has 4 heterocycles. The van der Waals surface area contributed by atoms with E-state index in [1.165, 1.54) is 0 Å². The van der Waals surface area contributed by atoms with Crippen molar-refractivity contribution >= 4 is 22.7 Å². The number of aliphatic hydroxyl groups is 1. The van der Waals surface area contributed by atoms with Gasteiger partial charge in [0.15, 0.2) is 11.4 Å². The van der Waals surface area contributed by atoms with Gasteiger partial charge in [-0.2, -0.15) is 4.98 Å². The first-order valence-corrected chi connectivity index (χ1v) is 13.2. The average molecular weight is 510 g/mol. The summed E-state index contributed by atoms with van der Waals surface area (Å²) in [4.78, 5) is 14.2. The van der Waals surface area contributed by atoms with E-state index >= 15 is 0 Å². The van der Waals surface area contributed by atoms with Gasteiger partial charge in [-0.25, -0.2) is 4.98 Å². The van der Waals surface area contributed by atoms with Crippen LogP contribution in [0.3, 0.4) is 0 Å². The highest BCUT2D eigenvalue weighted by Gasteiger charge is 2.54. The van der Waals surface area contributed by atoms with Crippen molar-refractivity contribution in [1.29, 1.82) is 0 Å². The van der Waals surface area contributed by atoms with Crippen molar-refractivity contribution in [3.63, 3.8) is 0 Å². The maximum Gasteiger partial charge on any atom is 0.224 e. The molecule has 1 aliphatic carbocycles.